The Morgan fingerprint density at radius 1 is 1.30 bits per heavy atom. The summed E-state index contributed by atoms with van der Waals surface area (Å²) in [7, 11) is 0. The molecule has 0 aromatic heterocycles. The first-order chi connectivity index (χ1) is 10.8. The Bertz CT molecular complexity index is 577. The lowest BCUT2D eigenvalue weighted by Crippen LogP contribution is -2.46. The maximum atomic E-state index is 11.8. The van der Waals surface area contributed by atoms with Gasteiger partial charge < -0.3 is 26.0 Å². The zero-order valence-corrected chi connectivity index (χ0v) is 14.0. The Hall–Kier alpha value is -1.05. The fraction of sp³-hybridized carbons (Fsp3) is 0.533. The first kappa shape index (κ1) is 18.3. The highest BCUT2D eigenvalue weighted by Crippen LogP contribution is 2.37. The molecule has 6 nitrogen and oxygen atoms in total. The molecule has 1 amide bonds. The van der Waals surface area contributed by atoms with Gasteiger partial charge in [0.05, 0.1) is 16.7 Å². The molecule has 1 saturated heterocycles. The minimum atomic E-state index is -1.38. The van der Waals surface area contributed by atoms with Crippen molar-refractivity contribution in [2.75, 3.05) is 19.7 Å². The van der Waals surface area contributed by atoms with Crippen LogP contribution < -0.4 is 5.73 Å². The van der Waals surface area contributed by atoms with Gasteiger partial charge >= 0.3 is 0 Å². The number of hydrogen-bond donors (Lipinski definition) is 4. The molecule has 2 atom stereocenters. The number of halogens is 2. The molecular weight excluding hydrogens is 343 g/mol. The lowest BCUT2D eigenvalue weighted by Gasteiger charge is -2.35. The Morgan fingerprint density at radius 2 is 1.87 bits per heavy atom. The van der Waals surface area contributed by atoms with Gasteiger partial charge in [-0.1, -0.05) is 23.2 Å². The molecule has 23 heavy (non-hydrogen) atoms. The molecule has 0 bridgehead atoms. The quantitative estimate of drug-likeness (QED) is 0.645. The molecule has 0 aliphatic carbocycles. The fourth-order valence-electron chi connectivity index (χ4n) is 2.84. The van der Waals surface area contributed by atoms with Gasteiger partial charge in [-0.25, -0.2) is 0 Å². The summed E-state index contributed by atoms with van der Waals surface area (Å²) in [4.78, 5) is 13.3. The van der Waals surface area contributed by atoms with Crippen molar-refractivity contribution < 1.29 is 20.1 Å². The minimum Gasteiger partial charge on any atom is -0.508 e. The van der Waals surface area contributed by atoms with Crippen LogP contribution in [0.5, 0.6) is 5.75 Å². The lowest BCUT2D eigenvalue weighted by molar-refractivity contribution is -0.143. The van der Waals surface area contributed by atoms with Crippen molar-refractivity contribution in [2.24, 2.45) is 11.7 Å². The van der Waals surface area contributed by atoms with Crippen LogP contribution >= 0.6 is 23.2 Å². The van der Waals surface area contributed by atoms with E-state index in [1.54, 1.807) is 6.07 Å². The monoisotopic (exact) mass is 362 g/mol. The van der Waals surface area contributed by atoms with Crippen LogP contribution in [-0.2, 0) is 4.79 Å². The molecular formula is C15H20Cl2N2O4. The van der Waals surface area contributed by atoms with E-state index in [0.717, 1.165) is 0 Å². The maximum absolute atomic E-state index is 11.8. The number of piperidine rings is 1. The number of benzene rings is 1. The highest BCUT2D eigenvalue weighted by Gasteiger charge is 2.30. The molecule has 2 rings (SSSR count). The van der Waals surface area contributed by atoms with Crippen molar-refractivity contribution in [3.05, 3.63) is 27.7 Å². The SMILES string of the molecule is N[C@@H](c1cc(Cl)c(Cl)cc1O)C1CCN(C(=O)[C@H](O)CO)CC1. The highest BCUT2D eigenvalue weighted by molar-refractivity contribution is 6.42. The van der Waals surface area contributed by atoms with Crippen LogP contribution in [0.3, 0.4) is 0 Å². The number of likely N-dealkylation sites (tertiary alicyclic amines) is 1. The van der Waals surface area contributed by atoms with Crippen molar-refractivity contribution in [3.63, 3.8) is 0 Å². The summed E-state index contributed by atoms with van der Waals surface area (Å²) in [6, 6.07) is 2.51. The van der Waals surface area contributed by atoms with Crippen LogP contribution in [0, 0.1) is 5.92 Å². The average Bonchev–Trinajstić information content (AvgIpc) is 2.56. The lowest BCUT2D eigenvalue weighted by atomic mass is 9.85. The number of phenolic OH excluding ortho intramolecular Hbond substituents is 1. The van der Waals surface area contributed by atoms with Gasteiger partial charge in [-0.15, -0.1) is 0 Å². The topological polar surface area (TPSA) is 107 Å². The maximum Gasteiger partial charge on any atom is 0.253 e. The number of nitrogens with two attached hydrogens (primary N) is 1. The number of aliphatic hydroxyl groups excluding tert-OH is 2. The first-order valence-electron chi connectivity index (χ1n) is 7.36. The smallest absolute Gasteiger partial charge is 0.253 e. The summed E-state index contributed by atoms with van der Waals surface area (Å²) in [5, 5.41) is 28.8. The normalized spacial score (nSPS) is 18.7. The molecule has 1 aliphatic rings. The predicted molar refractivity (Wildman–Crippen MR) is 87.5 cm³/mol. The Balaban J connectivity index is 2.03. The van der Waals surface area contributed by atoms with E-state index < -0.39 is 24.7 Å². The molecule has 1 aromatic carbocycles. The van der Waals surface area contributed by atoms with E-state index in [1.165, 1.54) is 11.0 Å². The molecule has 1 heterocycles. The molecule has 5 N–H and O–H groups in total. The third kappa shape index (κ3) is 4.08. The van der Waals surface area contributed by atoms with Gasteiger partial charge in [0.25, 0.3) is 5.91 Å². The summed E-state index contributed by atoms with van der Waals surface area (Å²) in [6.45, 7) is 0.294. The predicted octanol–water partition coefficient (Wildman–Crippen LogP) is 1.29. The molecule has 1 aromatic rings. The van der Waals surface area contributed by atoms with Crippen LogP contribution in [0.15, 0.2) is 12.1 Å². The number of aliphatic hydroxyl groups is 2. The van der Waals surface area contributed by atoms with Crippen molar-refractivity contribution in [1.29, 1.82) is 0 Å². The second-order valence-corrected chi connectivity index (χ2v) is 6.53. The summed E-state index contributed by atoms with van der Waals surface area (Å²) in [5.41, 5.74) is 6.77. The molecule has 0 radical (unpaired) electrons. The molecule has 0 saturated carbocycles. The summed E-state index contributed by atoms with van der Waals surface area (Å²) >= 11 is 11.8. The number of phenols is 1. The van der Waals surface area contributed by atoms with Gasteiger partial charge in [-0.05, 0) is 24.8 Å². The Kier molecular flexibility index (Phi) is 6.11. The van der Waals surface area contributed by atoms with Crippen molar-refractivity contribution >= 4 is 29.1 Å². The van der Waals surface area contributed by atoms with Crippen LogP contribution in [0.1, 0.15) is 24.4 Å². The number of rotatable bonds is 4. The van der Waals surface area contributed by atoms with E-state index in [4.69, 9.17) is 34.0 Å². The molecule has 128 valence electrons. The number of amides is 1. The molecule has 8 heteroatoms. The van der Waals surface area contributed by atoms with Gasteiger partial charge in [-0.2, -0.15) is 0 Å². The third-order valence-electron chi connectivity index (χ3n) is 4.25. The van der Waals surface area contributed by atoms with Crippen LogP contribution in [0.2, 0.25) is 10.0 Å². The zero-order valence-electron chi connectivity index (χ0n) is 12.5. The van der Waals surface area contributed by atoms with Gasteiger partial charge in [0.1, 0.15) is 5.75 Å². The van der Waals surface area contributed by atoms with E-state index in [9.17, 15) is 15.0 Å². The van der Waals surface area contributed by atoms with Gasteiger partial charge in [0.2, 0.25) is 0 Å². The second-order valence-electron chi connectivity index (χ2n) is 5.71. The van der Waals surface area contributed by atoms with E-state index in [1.807, 2.05) is 0 Å². The van der Waals surface area contributed by atoms with Gasteiger partial charge in [-0.3, -0.25) is 4.79 Å². The van der Waals surface area contributed by atoms with Crippen LogP contribution in [-0.4, -0.2) is 51.9 Å². The van der Waals surface area contributed by atoms with E-state index >= 15 is 0 Å². The largest absolute Gasteiger partial charge is 0.508 e. The number of carbonyl (C=O) groups is 1. The molecule has 1 fully saturated rings. The second kappa shape index (κ2) is 7.68. The van der Waals surface area contributed by atoms with E-state index in [-0.39, 0.29) is 16.7 Å². The van der Waals surface area contributed by atoms with Gasteiger partial charge in [0.15, 0.2) is 6.10 Å². The minimum absolute atomic E-state index is 0.00103. The summed E-state index contributed by atoms with van der Waals surface area (Å²) < 4.78 is 0. The van der Waals surface area contributed by atoms with E-state index in [0.29, 0.717) is 36.5 Å². The van der Waals surface area contributed by atoms with Gasteiger partial charge in [0, 0.05) is 30.8 Å². The van der Waals surface area contributed by atoms with E-state index in [2.05, 4.69) is 0 Å². The average molecular weight is 363 g/mol. The molecule has 1 aliphatic heterocycles. The van der Waals surface area contributed by atoms with Crippen molar-refractivity contribution in [1.82, 2.24) is 4.90 Å². The number of nitrogens with zero attached hydrogens (tertiary/aromatic N) is 1. The number of hydrogen-bond acceptors (Lipinski definition) is 5. The Labute approximate surface area is 144 Å². The summed E-state index contributed by atoms with van der Waals surface area (Å²) in [5.74, 6) is -0.411. The fourth-order valence-corrected chi connectivity index (χ4v) is 3.17. The zero-order chi connectivity index (χ0) is 17.1. The summed E-state index contributed by atoms with van der Waals surface area (Å²) in [6.07, 6.45) is -0.116. The van der Waals surface area contributed by atoms with Crippen molar-refractivity contribution in [2.45, 2.75) is 25.0 Å². The first-order valence-corrected chi connectivity index (χ1v) is 8.12. The van der Waals surface area contributed by atoms with Crippen LogP contribution in [0.4, 0.5) is 0 Å². The Morgan fingerprint density at radius 3 is 2.43 bits per heavy atom. The standard InChI is InChI=1S/C15H20Cl2N2O4/c16-10-5-9(12(21)6-11(10)17)14(18)8-1-3-19(4-2-8)15(23)13(22)7-20/h5-6,8,13-14,20-22H,1-4,7,18H2/t13-,14-/m1/s1. The number of carbonyl (C=O) groups excluding carboxylic acids is 1. The highest BCUT2D eigenvalue weighted by atomic mass is 35.5. The third-order valence-corrected chi connectivity index (χ3v) is 4.97. The van der Waals surface area contributed by atoms with Crippen molar-refractivity contribution in [3.8, 4) is 5.75 Å². The molecule has 0 spiro atoms. The van der Waals surface area contributed by atoms with Crippen LogP contribution in [0.25, 0.3) is 0 Å². The molecule has 0 unspecified atom stereocenters. The number of aromatic hydroxyl groups is 1.